The van der Waals surface area contributed by atoms with Crippen LogP contribution >= 0.6 is 23.1 Å². The lowest BCUT2D eigenvalue weighted by molar-refractivity contribution is -0.115. The number of aromatic amines is 1. The van der Waals surface area contributed by atoms with E-state index >= 15 is 0 Å². The van der Waals surface area contributed by atoms with E-state index in [1.807, 2.05) is 13.8 Å². The molecular formula is C23H23N5OS2. The minimum atomic E-state index is -0.355. The van der Waals surface area contributed by atoms with Gasteiger partial charge in [-0.2, -0.15) is 0 Å². The summed E-state index contributed by atoms with van der Waals surface area (Å²) in [4.78, 5) is 20.9. The number of hydrogen-bond donors (Lipinski definition) is 2. The third-order valence-corrected chi connectivity index (χ3v) is 6.50. The lowest BCUT2D eigenvalue weighted by atomic mass is 10.0. The molecule has 0 bridgehead atoms. The van der Waals surface area contributed by atoms with E-state index in [0.717, 1.165) is 27.5 Å². The van der Waals surface area contributed by atoms with Crippen LogP contribution in [0.4, 0.5) is 5.13 Å². The highest BCUT2D eigenvalue weighted by Gasteiger charge is 2.21. The summed E-state index contributed by atoms with van der Waals surface area (Å²) in [5, 5.41) is 12.4. The summed E-state index contributed by atoms with van der Waals surface area (Å²) in [6.45, 7) is 7.84. The number of imidazole rings is 1. The Balaban J connectivity index is 1.61. The van der Waals surface area contributed by atoms with Crippen molar-refractivity contribution in [2.24, 2.45) is 0 Å². The Kier molecular flexibility index (Phi) is 6.20. The molecule has 0 aliphatic heterocycles. The summed E-state index contributed by atoms with van der Waals surface area (Å²) >= 11 is 2.74. The van der Waals surface area contributed by atoms with Crippen LogP contribution in [0.5, 0.6) is 0 Å². The van der Waals surface area contributed by atoms with Crippen LogP contribution in [0.1, 0.15) is 23.1 Å². The van der Waals surface area contributed by atoms with Gasteiger partial charge in [-0.25, -0.2) is 4.98 Å². The molecule has 1 unspecified atom stereocenters. The monoisotopic (exact) mass is 449 g/mol. The van der Waals surface area contributed by atoms with E-state index in [0.29, 0.717) is 10.3 Å². The number of hydrogen-bond acceptors (Lipinski definition) is 6. The zero-order chi connectivity index (χ0) is 22.0. The molecule has 31 heavy (non-hydrogen) atoms. The number of rotatable bonds is 6. The molecule has 0 fully saturated rings. The van der Waals surface area contributed by atoms with Crippen LogP contribution in [0.25, 0.3) is 22.5 Å². The van der Waals surface area contributed by atoms with E-state index in [-0.39, 0.29) is 11.2 Å². The van der Waals surface area contributed by atoms with Gasteiger partial charge in [-0.1, -0.05) is 82.8 Å². The van der Waals surface area contributed by atoms with Gasteiger partial charge in [0.25, 0.3) is 0 Å². The Bertz CT molecular complexity index is 1130. The molecule has 1 amide bonds. The third kappa shape index (κ3) is 5.03. The fourth-order valence-electron chi connectivity index (χ4n) is 3.03. The van der Waals surface area contributed by atoms with Gasteiger partial charge >= 0.3 is 0 Å². The van der Waals surface area contributed by atoms with Crippen molar-refractivity contribution in [2.75, 3.05) is 5.32 Å². The average Bonchev–Trinajstić information content (AvgIpc) is 3.35. The average molecular weight is 450 g/mol. The second-order valence-corrected chi connectivity index (χ2v) is 9.88. The zero-order valence-electron chi connectivity index (χ0n) is 17.8. The SMILES string of the molecule is Cc1ccc(-c2nc(SC(C)C(=O)Nc3nnc(C)s3)[nH]c2-c2ccc(C)cc2)cc1. The van der Waals surface area contributed by atoms with Gasteiger partial charge in [-0.3, -0.25) is 10.1 Å². The van der Waals surface area contributed by atoms with Gasteiger partial charge in [0.05, 0.1) is 16.6 Å². The van der Waals surface area contributed by atoms with E-state index in [2.05, 4.69) is 82.9 Å². The van der Waals surface area contributed by atoms with Gasteiger partial charge in [0.2, 0.25) is 11.0 Å². The first-order valence-electron chi connectivity index (χ1n) is 9.91. The number of H-pyrrole nitrogens is 1. The standard InChI is InChI=1S/C23H23N5OS2/c1-13-5-9-17(10-6-13)19-20(18-11-7-14(2)8-12-18)25-22(24-19)30-15(3)21(29)26-23-28-27-16(4)31-23/h5-12,15H,1-4H3,(H,24,25)(H,26,28,29). The van der Waals surface area contributed by atoms with Crippen molar-refractivity contribution in [3.8, 4) is 22.5 Å². The summed E-state index contributed by atoms with van der Waals surface area (Å²) in [5.74, 6) is -0.133. The molecule has 2 heterocycles. The highest BCUT2D eigenvalue weighted by molar-refractivity contribution is 8.00. The van der Waals surface area contributed by atoms with Crippen molar-refractivity contribution in [3.05, 3.63) is 64.7 Å². The Morgan fingerprint density at radius 2 is 1.58 bits per heavy atom. The highest BCUT2D eigenvalue weighted by atomic mass is 32.2. The summed E-state index contributed by atoms with van der Waals surface area (Å²) < 4.78 is 0. The predicted octanol–water partition coefficient (Wildman–Crippen LogP) is 5.64. The first kappa shape index (κ1) is 21.3. The first-order chi connectivity index (χ1) is 14.9. The molecule has 6 nitrogen and oxygen atoms in total. The predicted molar refractivity (Wildman–Crippen MR) is 128 cm³/mol. The molecule has 0 radical (unpaired) electrons. The number of aromatic nitrogens is 4. The lowest BCUT2D eigenvalue weighted by Crippen LogP contribution is -2.22. The molecule has 8 heteroatoms. The fourth-order valence-corrected chi connectivity index (χ4v) is 4.43. The van der Waals surface area contributed by atoms with Crippen LogP contribution in [0.15, 0.2) is 53.7 Å². The molecule has 0 saturated carbocycles. The van der Waals surface area contributed by atoms with Gasteiger partial charge in [0.1, 0.15) is 5.01 Å². The van der Waals surface area contributed by atoms with Crippen molar-refractivity contribution in [1.29, 1.82) is 0 Å². The van der Waals surface area contributed by atoms with Crippen molar-refractivity contribution >= 4 is 34.1 Å². The van der Waals surface area contributed by atoms with Crippen molar-refractivity contribution < 1.29 is 4.79 Å². The number of aryl methyl sites for hydroxylation is 3. The van der Waals surface area contributed by atoms with E-state index in [9.17, 15) is 4.79 Å². The number of benzene rings is 2. The number of thioether (sulfide) groups is 1. The van der Waals surface area contributed by atoms with Gasteiger partial charge in [-0.15, -0.1) is 10.2 Å². The van der Waals surface area contributed by atoms with Crippen molar-refractivity contribution in [1.82, 2.24) is 20.2 Å². The second kappa shape index (κ2) is 9.03. The zero-order valence-corrected chi connectivity index (χ0v) is 19.4. The molecule has 1 atom stereocenters. The van der Waals surface area contributed by atoms with Crippen LogP contribution in [0.3, 0.4) is 0 Å². The molecule has 0 saturated heterocycles. The molecule has 0 aliphatic rings. The Labute approximate surface area is 189 Å². The highest BCUT2D eigenvalue weighted by Crippen LogP contribution is 2.34. The molecule has 0 aliphatic carbocycles. The fraction of sp³-hybridized carbons (Fsp3) is 0.217. The van der Waals surface area contributed by atoms with Crippen LogP contribution in [-0.4, -0.2) is 31.3 Å². The molecule has 2 aromatic heterocycles. The minimum Gasteiger partial charge on any atom is -0.332 e. The van der Waals surface area contributed by atoms with Crippen LogP contribution in [-0.2, 0) is 4.79 Å². The number of nitrogens with one attached hydrogen (secondary N) is 2. The third-order valence-electron chi connectivity index (χ3n) is 4.76. The van der Waals surface area contributed by atoms with Gasteiger partial charge < -0.3 is 4.98 Å². The van der Waals surface area contributed by atoms with E-state index in [1.54, 1.807) is 0 Å². The maximum Gasteiger partial charge on any atom is 0.239 e. The molecular weight excluding hydrogens is 426 g/mol. The second-order valence-electron chi connectivity index (χ2n) is 7.37. The summed E-state index contributed by atoms with van der Waals surface area (Å²) in [5.41, 5.74) is 6.31. The lowest BCUT2D eigenvalue weighted by Gasteiger charge is -2.08. The molecule has 2 N–H and O–H groups in total. The maximum absolute atomic E-state index is 12.6. The summed E-state index contributed by atoms with van der Waals surface area (Å²) in [6, 6.07) is 16.7. The summed E-state index contributed by atoms with van der Waals surface area (Å²) in [6.07, 6.45) is 0. The Hall–Kier alpha value is -2.97. The van der Waals surface area contributed by atoms with E-state index < -0.39 is 0 Å². The quantitative estimate of drug-likeness (QED) is 0.372. The maximum atomic E-state index is 12.6. The first-order valence-corrected chi connectivity index (χ1v) is 11.6. The van der Waals surface area contributed by atoms with E-state index in [1.165, 1.54) is 34.2 Å². The number of carbonyl (C=O) groups excluding carboxylic acids is 1. The van der Waals surface area contributed by atoms with Crippen molar-refractivity contribution in [2.45, 2.75) is 38.1 Å². The van der Waals surface area contributed by atoms with Gasteiger partial charge in [-0.05, 0) is 27.7 Å². The molecule has 4 rings (SSSR count). The van der Waals surface area contributed by atoms with Crippen LogP contribution in [0, 0.1) is 20.8 Å². The number of amides is 1. The Morgan fingerprint density at radius 3 is 2.16 bits per heavy atom. The smallest absolute Gasteiger partial charge is 0.239 e. The molecule has 0 spiro atoms. The topological polar surface area (TPSA) is 83.6 Å². The summed E-state index contributed by atoms with van der Waals surface area (Å²) in [7, 11) is 0. The number of anilines is 1. The molecule has 2 aromatic carbocycles. The van der Waals surface area contributed by atoms with Crippen molar-refractivity contribution in [3.63, 3.8) is 0 Å². The van der Waals surface area contributed by atoms with E-state index in [4.69, 9.17) is 4.98 Å². The number of nitrogens with zero attached hydrogens (tertiary/aromatic N) is 3. The molecule has 158 valence electrons. The normalized spacial score (nSPS) is 12.0. The van der Waals surface area contributed by atoms with Crippen LogP contribution < -0.4 is 5.32 Å². The van der Waals surface area contributed by atoms with Gasteiger partial charge in [0, 0.05) is 11.1 Å². The number of carbonyl (C=O) groups is 1. The minimum absolute atomic E-state index is 0.133. The van der Waals surface area contributed by atoms with Crippen LogP contribution in [0.2, 0.25) is 0 Å². The van der Waals surface area contributed by atoms with Gasteiger partial charge in [0.15, 0.2) is 5.16 Å². The largest absolute Gasteiger partial charge is 0.332 e. The Morgan fingerprint density at radius 1 is 0.968 bits per heavy atom. The molecule has 4 aromatic rings.